The van der Waals surface area contributed by atoms with Crippen molar-refractivity contribution in [3.63, 3.8) is 0 Å². The summed E-state index contributed by atoms with van der Waals surface area (Å²) in [4.78, 5) is 12.3. The number of carbonyl (C=O) groups is 1. The lowest BCUT2D eigenvalue weighted by molar-refractivity contribution is -0.162. The van der Waals surface area contributed by atoms with E-state index in [2.05, 4.69) is 4.40 Å². The van der Waals surface area contributed by atoms with Gasteiger partial charge in [-0.25, -0.2) is 0 Å². The fourth-order valence-corrected chi connectivity index (χ4v) is 4.27. The molecule has 2 atom stereocenters. The van der Waals surface area contributed by atoms with Crippen molar-refractivity contribution in [3.8, 4) is 0 Å². The van der Waals surface area contributed by atoms with Crippen LogP contribution in [0.1, 0.15) is 65.0 Å². The Labute approximate surface area is 153 Å². The summed E-state index contributed by atoms with van der Waals surface area (Å²) in [6.07, 6.45) is 3.29. The normalized spacial score (nSPS) is 27.9. The first-order valence-corrected chi connectivity index (χ1v) is 10.0. The number of hydrogen-bond acceptors (Lipinski definition) is 4. The number of hydrogen-bond donors (Lipinski definition) is 0. The zero-order chi connectivity index (χ0) is 18.2. The van der Waals surface area contributed by atoms with E-state index in [0.29, 0.717) is 0 Å². The maximum atomic E-state index is 12.3. The van der Waals surface area contributed by atoms with E-state index in [0.717, 1.165) is 37.0 Å². The van der Waals surface area contributed by atoms with Crippen molar-refractivity contribution in [2.24, 2.45) is 15.7 Å². The van der Waals surface area contributed by atoms with Crippen LogP contribution in [0.2, 0.25) is 0 Å². The van der Waals surface area contributed by atoms with Crippen molar-refractivity contribution in [1.29, 1.82) is 0 Å². The van der Waals surface area contributed by atoms with E-state index in [4.69, 9.17) is 4.74 Å². The van der Waals surface area contributed by atoms with Gasteiger partial charge in [-0.15, -0.1) is 0 Å². The van der Waals surface area contributed by atoms with Crippen LogP contribution in [0.5, 0.6) is 0 Å². The third kappa shape index (κ3) is 4.09. The van der Waals surface area contributed by atoms with Crippen LogP contribution in [0.3, 0.4) is 0 Å². The molecule has 3 rings (SSSR count). The summed E-state index contributed by atoms with van der Waals surface area (Å²) in [5, 5.41) is 0. The Balaban J connectivity index is 1.46. The maximum Gasteiger partial charge on any atom is 0.309 e. The highest BCUT2D eigenvalue weighted by atomic mass is 32.2. The second-order valence-electron chi connectivity index (χ2n) is 8.47. The van der Waals surface area contributed by atoms with Crippen LogP contribution in [0.4, 0.5) is 0 Å². The molecule has 1 unspecified atom stereocenters. The summed E-state index contributed by atoms with van der Waals surface area (Å²) in [5.41, 5.74) is 2.27. The fraction of sp³-hybridized carbons (Fsp3) is 0.600. The van der Waals surface area contributed by atoms with Gasteiger partial charge in [0.05, 0.1) is 11.6 Å². The molecule has 136 valence electrons. The number of esters is 1. The van der Waals surface area contributed by atoms with Crippen LogP contribution in [-0.2, 0) is 20.9 Å². The summed E-state index contributed by atoms with van der Waals surface area (Å²) in [6.45, 7) is 7.72. The summed E-state index contributed by atoms with van der Waals surface area (Å²) in [7, 11) is 0. The van der Waals surface area contributed by atoms with Crippen molar-refractivity contribution in [2.45, 2.75) is 64.2 Å². The SMILES string of the molecule is CC(OC(=O)C1CC2(CC(=N[S@@+]([O-])C(C)(C)C)C2)C1)c1ccccc1. The van der Waals surface area contributed by atoms with Crippen LogP contribution < -0.4 is 0 Å². The third-order valence-electron chi connectivity index (χ3n) is 5.15. The Morgan fingerprint density at radius 1 is 1.28 bits per heavy atom. The molecule has 1 aromatic rings. The number of rotatable bonds is 4. The van der Waals surface area contributed by atoms with E-state index in [1.165, 1.54) is 0 Å². The Bertz CT molecular complexity index is 649. The van der Waals surface area contributed by atoms with Crippen molar-refractivity contribution < 1.29 is 14.1 Å². The van der Waals surface area contributed by atoms with Crippen LogP contribution in [-0.4, -0.2) is 21.0 Å². The summed E-state index contributed by atoms with van der Waals surface area (Å²) < 4.78 is 21.7. The molecule has 25 heavy (non-hydrogen) atoms. The van der Waals surface area contributed by atoms with Gasteiger partial charge in [0.15, 0.2) is 0 Å². The first-order valence-electron chi connectivity index (χ1n) is 8.92. The minimum atomic E-state index is -1.18. The van der Waals surface area contributed by atoms with Crippen molar-refractivity contribution in [3.05, 3.63) is 35.9 Å². The Morgan fingerprint density at radius 3 is 2.44 bits per heavy atom. The fourth-order valence-electron chi connectivity index (χ4n) is 3.64. The van der Waals surface area contributed by atoms with Crippen LogP contribution in [0.25, 0.3) is 0 Å². The number of carbonyl (C=O) groups excluding carboxylic acids is 1. The molecular formula is C20H27NO3S. The molecule has 0 bridgehead atoms. The van der Waals surface area contributed by atoms with Crippen molar-refractivity contribution >= 4 is 23.0 Å². The average molecular weight is 362 g/mol. The predicted molar refractivity (Wildman–Crippen MR) is 101 cm³/mol. The van der Waals surface area contributed by atoms with Gasteiger partial charge in [0.1, 0.15) is 22.2 Å². The molecule has 2 aliphatic rings. The molecule has 0 amide bonds. The van der Waals surface area contributed by atoms with Gasteiger partial charge in [0.25, 0.3) is 0 Å². The lowest BCUT2D eigenvalue weighted by Crippen LogP contribution is -2.51. The van der Waals surface area contributed by atoms with Gasteiger partial charge in [-0.05, 0) is 64.4 Å². The summed E-state index contributed by atoms with van der Waals surface area (Å²) >= 11 is -1.18. The zero-order valence-electron chi connectivity index (χ0n) is 15.5. The largest absolute Gasteiger partial charge is 0.591 e. The highest BCUT2D eigenvalue weighted by Gasteiger charge is 2.55. The first-order chi connectivity index (χ1) is 11.7. The molecule has 2 saturated carbocycles. The Hall–Kier alpha value is -1.33. The van der Waals surface area contributed by atoms with Crippen LogP contribution in [0, 0.1) is 11.3 Å². The highest BCUT2D eigenvalue weighted by Crippen LogP contribution is 2.58. The number of nitrogens with zero attached hydrogens (tertiary/aromatic N) is 1. The van der Waals surface area contributed by atoms with E-state index < -0.39 is 11.4 Å². The van der Waals surface area contributed by atoms with Gasteiger partial charge in [-0.3, -0.25) is 4.79 Å². The van der Waals surface area contributed by atoms with Gasteiger partial charge in [-0.2, -0.15) is 0 Å². The molecule has 0 N–H and O–H groups in total. The van der Waals surface area contributed by atoms with E-state index >= 15 is 0 Å². The molecule has 0 saturated heterocycles. The smallest absolute Gasteiger partial charge is 0.309 e. The Morgan fingerprint density at radius 2 is 1.88 bits per heavy atom. The summed E-state index contributed by atoms with van der Waals surface area (Å²) in [6, 6.07) is 9.81. The molecular weight excluding hydrogens is 334 g/mol. The molecule has 1 aromatic carbocycles. The summed E-state index contributed by atoms with van der Waals surface area (Å²) in [5.74, 6) is -0.0912. The van der Waals surface area contributed by atoms with E-state index in [9.17, 15) is 9.35 Å². The van der Waals surface area contributed by atoms with E-state index in [1.807, 2.05) is 58.0 Å². The third-order valence-corrected chi connectivity index (χ3v) is 6.62. The molecule has 0 heterocycles. The second-order valence-corrected chi connectivity index (χ2v) is 10.4. The van der Waals surface area contributed by atoms with Gasteiger partial charge in [0.2, 0.25) is 0 Å². The van der Waals surface area contributed by atoms with Gasteiger partial charge < -0.3 is 9.29 Å². The van der Waals surface area contributed by atoms with Gasteiger partial charge in [-0.1, -0.05) is 34.7 Å². The lowest BCUT2D eigenvalue weighted by Gasteiger charge is -2.53. The van der Waals surface area contributed by atoms with Crippen molar-refractivity contribution in [2.75, 3.05) is 0 Å². The van der Waals surface area contributed by atoms with E-state index in [-0.39, 0.29) is 28.2 Å². The lowest BCUT2D eigenvalue weighted by atomic mass is 9.51. The molecule has 4 nitrogen and oxygen atoms in total. The minimum Gasteiger partial charge on any atom is -0.591 e. The highest BCUT2D eigenvalue weighted by molar-refractivity contribution is 7.91. The molecule has 1 spiro atoms. The zero-order valence-corrected chi connectivity index (χ0v) is 16.3. The molecule has 0 aromatic heterocycles. The average Bonchev–Trinajstić information content (AvgIpc) is 2.47. The van der Waals surface area contributed by atoms with Crippen LogP contribution in [0.15, 0.2) is 34.7 Å². The van der Waals surface area contributed by atoms with Gasteiger partial charge in [0, 0.05) is 0 Å². The van der Waals surface area contributed by atoms with Crippen molar-refractivity contribution in [1.82, 2.24) is 0 Å². The van der Waals surface area contributed by atoms with Gasteiger partial charge >= 0.3 is 5.97 Å². The minimum absolute atomic E-state index is 0.000765. The standard InChI is InChI=1S/C20H27NO3S/c1-14(15-8-6-5-7-9-15)24-18(22)16-10-20(11-16)12-17(13-20)21-25(23)19(2,3)4/h5-9,14,16H,10-13H2,1-4H3/t14?,16?,20?,25-/m0/s1. The first kappa shape index (κ1) is 18.5. The maximum absolute atomic E-state index is 12.3. The molecule has 0 radical (unpaired) electrons. The molecule has 2 fully saturated rings. The number of benzene rings is 1. The van der Waals surface area contributed by atoms with Crippen LogP contribution >= 0.6 is 0 Å². The Kier molecular flexibility index (Phi) is 5.00. The number of ether oxygens (including phenoxy) is 1. The predicted octanol–water partition coefficient (Wildman–Crippen LogP) is 4.38. The quantitative estimate of drug-likeness (QED) is 0.590. The topological polar surface area (TPSA) is 61.7 Å². The molecule has 0 aliphatic heterocycles. The van der Waals surface area contributed by atoms with E-state index in [1.54, 1.807) is 0 Å². The monoisotopic (exact) mass is 361 g/mol. The second kappa shape index (κ2) is 6.76. The molecule has 5 heteroatoms. The molecule has 2 aliphatic carbocycles.